The molecular weight excluding hydrogens is 608 g/mol. The lowest BCUT2D eigenvalue weighted by Crippen LogP contribution is -2.13. The van der Waals surface area contributed by atoms with Gasteiger partial charge in [0.1, 0.15) is 22.9 Å². The van der Waals surface area contributed by atoms with Gasteiger partial charge >= 0.3 is 5.97 Å². The number of rotatable bonds is 10. The first-order valence-electron chi connectivity index (χ1n) is 12.6. The van der Waals surface area contributed by atoms with Crippen LogP contribution in [0.2, 0.25) is 0 Å². The lowest BCUT2D eigenvalue weighted by Gasteiger charge is -2.11. The van der Waals surface area contributed by atoms with E-state index in [1.165, 1.54) is 79.1 Å². The van der Waals surface area contributed by atoms with Gasteiger partial charge in [0.05, 0.1) is 21.2 Å². The highest BCUT2D eigenvalue weighted by Crippen LogP contribution is 2.37. The van der Waals surface area contributed by atoms with Crippen LogP contribution in [-0.2, 0) is 20.0 Å². The van der Waals surface area contributed by atoms with Crippen LogP contribution < -0.4 is 9.44 Å². The van der Waals surface area contributed by atoms with Gasteiger partial charge in [0.25, 0.3) is 20.0 Å². The van der Waals surface area contributed by atoms with Gasteiger partial charge in [0, 0.05) is 18.0 Å². The van der Waals surface area contributed by atoms with Crippen LogP contribution in [0.1, 0.15) is 10.4 Å². The summed E-state index contributed by atoms with van der Waals surface area (Å²) in [4.78, 5) is 19.6. The number of phenols is 1. The smallest absolute Gasteiger partial charge is 0.339 e. The zero-order chi connectivity index (χ0) is 31.3. The van der Waals surface area contributed by atoms with E-state index >= 15 is 0 Å². The van der Waals surface area contributed by atoms with Gasteiger partial charge in [0.2, 0.25) is 0 Å². The Labute approximate surface area is 251 Å². The molecule has 0 aliphatic heterocycles. The molecule has 2 aromatic heterocycles. The number of nitrogens with zero attached hydrogens (tertiary/aromatic N) is 4. The van der Waals surface area contributed by atoms with E-state index in [0.29, 0.717) is 5.56 Å². The second-order valence-corrected chi connectivity index (χ2v) is 12.4. The SMILES string of the molecule is O=C(O)c1cc(N=Nc2ccc(S(=O)(=O)Nc3ccccn3)cc2)cc(-c2ccc(S(=O)(=O)Nc3ccccn3)cc2)c1O. The Bertz CT molecular complexity index is 2060. The van der Waals surface area contributed by atoms with Gasteiger partial charge in [-0.15, -0.1) is 0 Å². The monoisotopic (exact) mass is 630 g/mol. The number of carbonyl (C=O) groups is 1. The summed E-state index contributed by atoms with van der Waals surface area (Å²) in [6.07, 6.45) is 2.89. The summed E-state index contributed by atoms with van der Waals surface area (Å²) in [6.45, 7) is 0. The van der Waals surface area contributed by atoms with Crippen LogP contribution in [0.15, 0.2) is 129 Å². The maximum absolute atomic E-state index is 12.7. The summed E-state index contributed by atoms with van der Waals surface area (Å²) < 4.78 is 55.5. The molecule has 2 heterocycles. The minimum Gasteiger partial charge on any atom is -0.506 e. The minimum absolute atomic E-state index is 0.0390. The first-order valence-corrected chi connectivity index (χ1v) is 15.6. The number of aromatic carboxylic acids is 1. The number of aromatic hydroxyl groups is 1. The quantitative estimate of drug-likeness (QED) is 0.142. The highest BCUT2D eigenvalue weighted by atomic mass is 32.2. The Hall–Kier alpha value is -5.67. The van der Waals surface area contributed by atoms with Crippen molar-refractivity contribution in [3.63, 3.8) is 0 Å². The summed E-state index contributed by atoms with van der Waals surface area (Å²) >= 11 is 0. The van der Waals surface area contributed by atoms with Crippen LogP contribution in [0.5, 0.6) is 5.75 Å². The molecule has 0 fully saturated rings. The number of hydrogen-bond acceptors (Lipinski definition) is 10. The topological polar surface area (TPSA) is 200 Å². The Balaban J connectivity index is 1.39. The number of sulfonamides is 2. The molecule has 0 aliphatic carbocycles. The molecule has 0 unspecified atom stereocenters. The van der Waals surface area contributed by atoms with E-state index in [4.69, 9.17) is 0 Å². The molecule has 0 saturated heterocycles. The van der Waals surface area contributed by atoms with E-state index in [1.54, 1.807) is 24.3 Å². The number of carboxylic acid groups (broad SMARTS) is 1. The molecular formula is C29H22N6O7S2. The van der Waals surface area contributed by atoms with Crippen molar-refractivity contribution in [2.24, 2.45) is 10.2 Å². The molecule has 5 aromatic rings. The van der Waals surface area contributed by atoms with E-state index in [-0.39, 0.29) is 38.4 Å². The summed E-state index contributed by atoms with van der Waals surface area (Å²) in [5, 5.41) is 28.5. The van der Waals surface area contributed by atoms with Crippen LogP contribution in [0.3, 0.4) is 0 Å². The summed E-state index contributed by atoms with van der Waals surface area (Å²) in [5.74, 6) is -1.68. The van der Waals surface area contributed by atoms with Gasteiger partial charge in [-0.1, -0.05) is 24.3 Å². The van der Waals surface area contributed by atoms with Gasteiger partial charge in [-0.25, -0.2) is 31.6 Å². The van der Waals surface area contributed by atoms with Crippen LogP contribution in [0.4, 0.5) is 23.0 Å². The molecule has 13 nitrogen and oxygen atoms in total. The van der Waals surface area contributed by atoms with Crippen LogP contribution >= 0.6 is 0 Å². The molecule has 0 spiro atoms. The van der Waals surface area contributed by atoms with Crippen LogP contribution in [-0.4, -0.2) is 43.0 Å². The molecule has 0 atom stereocenters. The molecule has 0 aliphatic rings. The van der Waals surface area contributed by atoms with Crippen molar-refractivity contribution in [1.29, 1.82) is 0 Å². The van der Waals surface area contributed by atoms with Gasteiger partial charge in [-0.3, -0.25) is 9.44 Å². The van der Waals surface area contributed by atoms with Crippen molar-refractivity contribution in [2.45, 2.75) is 9.79 Å². The normalized spacial score (nSPS) is 11.7. The van der Waals surface area contributed by atoms with E-state index in [1.807, 2.05) is 0 Å². The lowest BCUT2D eigenvalue weighted by molar-refractivity contribution is 0.0693. The summed E-state index contributed by atoms with van der Waals surface area (Å²) in [7, 11) is -7.87. The molecule has 222 valence electrons. The third kappa shape index (κ3) is 6.86. The molecule has 3 aromatic carbocycles. The Morgan fingerprint density at radius 2 is 1.16 bits per heavy atom. The number of benzene rings is 3. The highest BCUT2D eigenvalue weighted by molar-refractivity contribution is 7.93. The average molecular weight is 631 g/mol. The zero-order valence-corrected chi connectivity index (χ0v) is 24.1. The van der Waals surface area contributed by atoms with Gasteiger partial charge in [-0.2, -0.15) is 10.2 Å². The molecule has 5 rings (SSSR count). The number of azo groups is 1. The maximum atomic E-state index is 12.7. The molecule has 0 bridgehead atoms. The minimum atomic E-state index is -3.97. The third-order valence-corrected chi connectivity index (χ3v) is 8.78. The first kappa shape index (κ1) is 29.8. The van der Waals surface area contributed by atoms with Crippen molar-refractivity contribution in [2.75, 3.05) is 9.44 Å². The van der Waals surface area contributed by atoms with Crippen molar-refractivity contribution < 1.29 is 31.8 Å². The Morgan fingerprint density at radius 3 is 1.64 bits per heavy atom. The van der Waals surface area contributed by atoms with Gasteiger partial charge < -0.3 is 10.2 Å². The fourth-order valence-electron chi connectivity index (χ4n) is 3.92. The van der Waals surface area contributed by atoms with Crippen molar-refractivity contribution in [3.05, 3.63) is 115 Å². The van der Waals surface area contributed by atoms with Gasteiger partial charge in [-0.05, 0) is 78.4 Å². The van der Waals surface area contributed by atoms with E-state index in [0.717, 1.165) is 6.07 Å². The number of nitrogens with one attached hydrogen (secondary N) is 2. The van der Waals surface area contributed by atoms with Crippen molar-refractivity contribution in [3.8, 4) is 16.9 Å². The molecule has 0 saturated carbocycles. The summed E-state index contributed by atoms with van der Waals surface area (Å²) in [6, 6.07) is 23.0. The molecule has 4 N–H and O–H groups in total. The van der Waals surface area contributed by atoms with Gasteiger partial charge in [0.15, 0.2) is 0 Å². The predicted octanol–water partition coefficient (Wildman–Crippen LogP) is 5.56. The number of aromatic nitrogens is 2. The van der Waals surface area contributed by atoms with E-state index < -0.39 is 37.3 Å². The van der Waals surface area contributed by atoms with E-state index in [9.17, 15) is 31.8 Å². The molecule has 44 heavy (non-hydrogen) atoms. The Kier molecular flexibility index (Phi) is 8.32. The average Bonchev–Trinajstić information content (AvgIpc) is 3.01. The largest absolute Gasteiger partial charge is 0.506 e. The molecule has 15 heteroatoms. The van der Waals surface area contributed by atoms with Crippen molar-refractivity contribution >= 4 is 49.0 Å². The van der Waals surface area contributed by atoms with Crippen molar-refractivity contribution in [1.82, 2.24) is 9.97 Å². The fraction of sp³-hybridized carbons (Fsp3) is 0. The summed E-state index contributed by atoms with van der Waals surface area (Å²) in [5.41, 5.74) is 0.267. The number of anilines is 2. The lowest BCUT2D eigenvalue weighted by atomic mass is 10.0. The second-order valence-electron chi connectivity index (χ2n) is 9.05. The molecule has 0 amide bonds. The first-order chi connectivity index (χ1) is 21.0. The fourth-order valence-corrected chi connectivity index (χ4v) is 5.94. The maximum Gasteiger partial charge on any atom is 0.339 e. The number of hydrogen-bond donors (Lipinski definition) is 4. The van der Waals surface area contributed by atoms with Crippen LogP contribution in [0, 0.1) is 0 Å². The second kappa shape index (κ2) is 12.3. The predicted molar refractivity (Wildman–Crippen MR) is 161 cm³/mol. The number of pyridine rings is 2. The third-order valence-electron chi connectivity index (χ3n) is 6.04. The zero-order valence-electron chi connectivity index (χ0n) is 22.4. The highest BCUT2D eigenvalue weighted by Gasteiger charge is 2.19. The van der Waals surface area contributed by atoms with E-state index in [2.05, 4.69) is 29.6 Å². The standard InChI is InChI=1S/C29H22N6O7S2/c36-28-24(19-7-11-22(12-8-19)43(39,40)34-26-5-1-3-15-30-26)17-21(18-25(28)29(37)38)33-32-20-9-13-23(14-10-20)44(41,42)35-27-6-2-4-16-31-27/h1-18,36H,(H,30,34)(H,31,35)(H,37,38). The Morgan fingerprint density at radius 1 is 0.659 bits per heavy atom. The van der Waals surface area contributed by atoms with Crippen LogP contribution in [0.25, 0.3) is 11.1 Å². The number of carboxylic acids is 1. The molecule has 0 radical (unpaired) electrons.